The van der Waals surface area contributed by atoms with Crippen molar-refractivity contribution in [3.05, 3.63) is 77.9 Å². The van der Waals surface area contributed by atoms with Crippen molar-refractivity contribution in [2.24, 2.45) is 0 Å². The summed E-state index contributed by atoms with van der Waals surface area (Å²) in [4.78, 5) is 41.7. The molecule has 1 fully saturated rings. The molecule has 0 saturated carbocycles. The van der Waals surface area contributed by atoms with Gasteiger partial charge in [-0.2, -0.15) is 0 Å². The van der Waals surface area contributed by atoms with Gasteiger partial charge in [0.15, 0.2) is 5.78 Å². The maximum absolute atomic E-state index is 13.9. The summed E-state index contributed by atoms with van der Waals surface area (Å²) in [6, 6.07) is 18.7. The Hall–Kier alpha value is -4.61. The standard InChI is InChI=1S/C40H49N3O7S/c1-40(2,3)50-39(48)42-22-8-5-4-7-21-41-38(47)33-10-6-9-23-43(33)24-25-49-31-18-13-27(14-19-31)36(46)35-32-20-17-30(45)26-34(32)51-37(35)28-11-15-29(44)16-12-28/h11-20,26,33,44-45H,4-10,21-25H2,1-3H3,(H,41,47)(H,42,48). The Morgan fingerprint density at radius 2 is 1.55 bits per heavy atom. The third kappa shape index (κ3) is 10.7. The number of ether oxygens (including phenoxy) is 2. The average molecular weight is 716 g/mol. The molecule has 5 rings (SSSR count). The molecular weight excluding hydrogens is 667 g/mol. The van der Waals surface area contributed by atoms with Crippen molar-refractivity contribution in [2.45, 2.75) is 77.4 Å². The number of piperidine rings is 1. The van der Waals surface area contributed by atoms with Crippen LogP contribution < -0.4 is 15.4 Å². The maximum atomic E-state index is 13.9. The van der Waals surface area contributed by atoms with Crippen molar-refractivity contribution in [2.75, 3.05) is 32.8 Å². The number of thiophene rings is 1. The van der Waals surface area contributed by atoms with Gasteiger partial charge in [-0.3, -0.25) is 14.5 Å². The van der Waals surface area contributed by atoms with Crippen LogP contribution in [0.25, 0.3) is 20.5 Å². The summed E-state index contributed by atoms with van der Waals surface area (Å²) in [6.45, 7) is 8.60. The molecule has 1 aliphatic rings. The Bertz CT molecular complexity index is 1780. The third-order valence-corrected chi connectivity index (χ3v) is 9.98. The van der Waals surface area contributed by atoms with Crippen LogP contribution in [-0.2, 0) is 9.53 Å². The topological polar surface area (TPSA) is 137 Å². The Morgan fingerprint density at radius 1 is 0.863 bits per heavy atom. The maximum Gasteiger partial charge on any atom is 0.407 e. The number of likely N-dealkylation sites (tertiary alicyclic amines) is 1. The summed E-state index contributed by atoms with van der Waals surface area (Å²) in [7, 11) is 0. The molecule has 0 spiro atoms. The molecule has 0 bridgehead atoms. The SMILES string of the molecule is CC(C)(C)OC(=O)NCCCCCCNC(=O)C1CCCCN1CCOc1ccc(C(=O)c2c(-c3ccc(O)cc3)sc3cc(O)ccc23)cc1. The highest BCUT2D eigenvalue weighted by molar-refractivity contribution is 7.22. The fourth-order valence-electron chi connectivity index (χ4n) is 6.25. The van der Waals surface area contributed by atoms with Crippen LogP contribution >= 0.6 is 11.3 Å². The molecule has 1 saturated heterocycles. The van der Waals surface area contributed by atoms with E-state index in [-0.39, 0.29) is 29.2 Å². The van der Waals surface area contributed by atoms with Crippen LogP contribution in [0.15, 0.2) is 66.7 Å². The first kappa shape index (κ1) is 37.6. The normalized spacial score (nSPS) is 15.0. The number of fused-ring (bicyclic) bond motifs is 1. The van der Waals surface area contributed by atoms with Gasteiger partial charge in [-0.1, -0.05) is 19.3 Å². The molecule has 51 heavy (non-hydrogen) atoms. The number of amides is 2. The van der Waals surface area contributed by atoms with Gasteiger partial charge in [0, 0.05) is 45.7 Å². The molecule has 1 aliphatic heterocycles. The molecular formula is C40H49N3O7S. The van der Waals surface area contributed by atoms with E-state index in [4.69, 9.17) is 9.47 Å². The summed E-state index contributed by atoms with van der Waals surface area (Å²) in [5, 5.41) is 26.5. The smallest absolute Gasteiger partial charge is 0.407 e. The van der Waals surface area contributed by atoms with E-state index in [1.165, 1.54) is 11.3 Å². The lowest BCUT2D eigenvalue weighted by molar-refractivity contribution is -0.127. The second-order valence-corrected chi connectivity index (χ2v) is 15.0. The number of carbonyl (C=O) groups excluding carboxylic acids is 3. The van der Waals surface area contributed by atoms with Gasteiger partial charge >= 0.3 is 6.09 Å². The molecule has 10 nitrogen and oxygen atoms in total. The number of hydrogen-bond donors (Lipinski definition) is 4. The lowest BCUT2D eigenvalue weighted by atomic mass is 9.97. The van der Waals surface area contributed by atoms with Crippen molar-refractivity contribution >= 4 is 39.2 Å². The summed E-state index contributed by atoms with van der Waals surface area (Å²) in [5.74, 6) is 0.842. The monoisotopic (exact) mass is 715 g/mol. The largest absolute Gasteiger partial charge is 0.508 e. The summed E-state index contributed by atoms with van der Waals surface area (Å²) in [6.07, 6.45) is 6.17. The highest BCUT2D eigenvalue weighted by atomic mass is 32.1. The number of phenols is 2. The van der Waals surface area contributed by atoms with Crippen molar-refractivity contribution in [3.63, 3.8) is 0 Å². The molecule has 1 unspecified atom stereocenters. The zero-order chi connectivity index (χ0) is 36.4. The molecule has 3 aromatic carbocycles. The van der Waals surface area contributed by atoms with Crippen LogP contribution in [-0.4, -0.2) is 77.3 Å². The zero-order valence-electron chi connectivity index (χ0n) is 29.7. The lowest BCUT2D eigenvalue weighted by Crippen LogP contribution is -2.50. The Labute approximate surface area is 303 Å². The van der Waals surface area contributed by atoms with E-state index < -0.39 is 11.7 Å². The molecule has 1 aromatic heterocycles. The first-order valence-corrected chi connectivity index (χ1v) is 18.6. The third-order valence-electron chi connectivity index (χ3n) is 8.78. The highest BCUT2D eigenvalue weighted by Crippen LogP contribution is 2.41. The van der Waals surface area contributed by atoms with E-state index in [2.05, 4.69) is 15.5 Å². The summed E-state index contributed by atoms with van der Waals surface area (Å²) < 4.78 is 12.1. The predicted octanol–water partition coefficient (Wildman–Crippen LogP) is 7.65. The average Bonchev–Trinajstić information content (AvgIpc) is 3.47. The Balaban J connectivity index is 1.08. The molecule has 11 heteroatoms. The molecule has 0 aliphatic carbocycles. The van der Waals surface area contributed by atoms with Crippen LogP contribution in [0.5, 0.6) is 17.2 Å². The number of aromatic hydroxyl groups is 2. The van der Waals surface area contributed by atoms with Gasteiger partial charge in [-0.05, 0) is 125 Å². The van der Waals surface area contributed by atoms with Crippen molar-refractivity contribution in [1.82, 2.24) is 15.5 Å². The number of rotatable bonds is 15. The summed E-state index contributed by atoms with van der Waals surface area (Å²) in [5.41, 5.74) is 1.37. The van der Waals surface area contributed by atoms with Crippen LogP contribution in [0, 0.1) is 0 Å². The van der Waals surface area contributed by atoms with Gasteiger partial charge in [-0.15, -0.1) is 11.3 Å². The van der Waals surface area contributed by atoms with Crippen LogP contribution in [0.4, 0.5) is 4.79 Å². The van der Waals surface area contributed by atoms with Gasteiger partial charge in [0.2, 0.25) is 5.91 Å². The first-order chi connectivity index (χ1) is 24.5. The molecule has 2 amide bonds. The van der Waals surface area contributed by atoms with Crippen LogP contribution in [0.2, 0.25) is 0 Å². The number of benzene rings is 3. The van der Waals surface area contributed by atoms with Gasteiger partial charge in [0.1, 0.15) is 29.5 Å². The minimum atomic E-state index is -0.503. The molecule has 1 atom stereocenters. The lowest BCUT2D eigenvalue weighted by Gasteiger charge is -2.34. The van der Waals surface area contributed by atoms with E-state index in [0.717, 1.165) is 72.0 Å². The number of unbranched alkanes of at least 4 members (excludes halogenated alkanes) is 3. The minimum absolute atomic E-state index is 0.0620. The van der Waals surface area contributed by atoms with E-state index in [0.29, 0.717) is 43.1 Å². The number of nitrogens with one attached hydrogen (secondary N) is 2. The van der Waals surface area contributed by atoms with E-state index in [1.54, 1.807) is 66.7 Å². The molecule has 4 aromatic rings. The predicted molar refractivity (Wildman–Crippen MR) is 201 cm³/mol. The zero-order valence-corrected chi connectivity index (χ0v) is 30.5. The summed E-state index contributed by atoms with van der Waals surface area (Å²) >= 11 is 1.43. The second-order valence-electron chi connectivity index (χ2n) is 13.9. The van der Waals surface area contributed by atoms with Crippen molar-refractivity contribution < 1.29 is 34.1 Å². The Morgan fingerprint density at radius 3 is 2.25 bits per heavy atom. The molecule has 2 heterocycles. The highest BCUT2D eigenvalue weighted by Gasteiger charge is 2.28. The second kappa shape index (κ2) is 17.5. The van der Waals surface area contributed by atoms with Gasteiger partial charge < -0.3 is 30.3 Å². The van der Waals surface area contributed by atoms with Gasteiger partial charge in [0.05, 0.1) is 6.04 Å². The van der Waals surface area contributed by atoms with E-state index in [9.17, 15) is 24.6 Å². The van der Waals surface area contributed by atoms with Crippen LogP contribution in [0.1, 0.15) is 81.6 Å². The van der Waals surface area contributed by atoms with E-state index >= 15 is 0 Å². The van der Waals surface area contributed by atoms with E-state index in [1.807, 2.05) is 20.8 Å². The number of ketones is 1. The first-order valence-electron chi connectivity index (χ1n) is 17.8. The molecule has 0 radical (unpaired) electrons. The fraction of sp³-hybridized carbons (Fsp3) is 0.425. The Kier molecular flexibility index (Phi) is 13.0. The molecule has 272 valence electrons. The van der Waals surface area contributed by atoms with Crippen LogP contribution in [0.3, 0.4) is 0 Å². The fourth-order valence-corrected chi connectivity index (χ4v) is 7.49. The number of hydrogen-bond acceptors (Lipinski definition) is 9. The number of nitrogens with zero attached hydrogens (tertiary/aromatic N) is 1. The van der Waals surface area contributed by atoms with Gasteiger partial charge in [-0.25, -0.2) is 4.79 Å². The quantitative estimate of drug-likeness (QED) is 0.0728. The number of alkyl carbamates (subject to hydrolysis) is 1. The minimum Gasteiger partial charge on any atom is -0.508 e. The number of phenolic OH excluding ortho intramolecular Hbond substituents is 2. The van der Waals surface area contributed by atoms with Crippen molar-refractivity contribution in [1.29, 1.82) is 0 Å². The van der Waals surface area contributed by atoms with Crippen molar-refractivity contribution in [3.8, 4) is 27.7 Å². The molecule has 4 N–H and O–H groups in total. The van der Waals surface area contributed by atoms with Gasteiger partial charge in [0.25, 0.3) is 0 Å². The number of carbonyl (C=O) groups is 3.